The highest BCUT2D eigenvalue weighted by Crippen LogP contribution is 2.32. The fourth-order valence-electron chi connectivity index (χ4n) is 1.39. The zero-order chi connectivity index (χ0) is 13.1. The Morgan fingerprint density at radius 3 is 2.94 bits per heavy atom. The molecular weight excluding hydrogens is 258 g/mol. The van der Waals surface area contributed by atoms with Crippen LogP contribution in [0.4, 0.5) is 0 Å². The molecule has 0 saturated carbocycles. The first-order valence-corrected chi connectivity index (χ1v) is 5.53. The number of nitrogens with zero attached hydrogens (tertiary/aromatic N) is 1. The van der Waals surface area contributed by atoms with E-state index in [0.717, 1.165) is 0 Å². The van der Waals surface area contributed by atoms with E-state index >= 15 is 0 Å². The number of aliphatic carboxylic acids is 1. The molecule has 0 bridgehead atoms. The van der Waals surface area contributed by atoms with Crippen LogP contribution in [-0.4, -0.2) is 22.2 Å². The van der Waals surface area contributed by atoms with Gasteiger partial charge in [0.1, 0.15) is 17.7 Å². The lowest BCUT2D eigenvalue weighted by Crippen LogP contribution is -2.23. The summed E-state index contributed by atoms with van der Waals surface area (Å²) in [6.07, 6.45) is 1.75. The minimum absolute atomic E-state index is 0.392. The topological polar surface area (TPSA) is 72.6 Å². The smallest absolute Gasteiger partial charge is 0.344 e. The van der Waals surface area contributed by atoms with Crippen molar-refractivity contribution in [3.63, 3.8) is 0 Å². The van der Waals surface area contributed by atoms with Crippen LogP contribution in [0.25, 0.3) is 11.3 Å². The van der Waals surface area contributed by atoms with Gasteiger partial charge in [0.2, 0.25) is 0 Å². The van der Waals surface area contributed by atoms with Gasteiger partial charge in [-0.25, -0.2) is 9.78 Å². The van der Waals surface area contributed by atoms with E-state index in [-0.39, 0.29) is 0 Å². The SMILES string of the molecule is CC(Oc1ccc(Cl)cc1-c1cocn1)C(=O)O. The summed E-state index contributed by atoms with van der Waals surface area (Å²) in [5.41, 5.74) is 1.12. The highest BCUT2D eigenvalue weighted by molar-refractivity contribution is 6.30. The van der Waals surface area contributed by atoms with Gasteiger partial charge in [-0.3, -0.25) is 0 Å². The van der Waals surface area contributed by atoms with E-state index in [1.807, 2.05) is 0 Å². The summed E-state index contributed by atoms with van der Waals surface area (Å²) >= 11 is 5.90. The molecule has 1 aromatic heterocycles. The summed E-state index contributed by atoms with van der Waals surface area (Å²) in [6.45, 7) is 1.45. The molecule has 0 radical (unpaired) electrons. The van der Waals surface area contributed by atoms with Crippen LogP contribution >= 0.6 is 11.6 Å². The Labute approximate surface area is 108 Å². The molecule has 0 spiro atoms. The van der Waals surface area contributed by atoms with Gasteiger partial charge < -0.3 is 14.3 Å². The summed E-state index contributed by atoms with van der Waals surface area (Å²) < 4.78 is 10.2. The maximum absolute atomic E-state index is 10.8. The van der Waals surface area contributed by atoms with E-state index in [0.29, 0.717) is 22.0 Å². The molecule has 18 heavy (non-hydrogen) atoms. The number of aromatic nitrogens is 1. The Morgan fingerprint density at radius 1 is 1.56 bits per heavy atom. The first kappa shape index (κ1) is 12.4. The van der Waals surface area contributed by atoms with E-state index in [1.54, 1.807) is 18.2 Å². The minimum atomic E-state index is -1.05. The molecule has 1 N–H and O–H groups in total. The summed E-state index contributed by atoms with van der Waals surface area (Å²) in [6, 6.07) is 4.87. The zero-order valence-electron chi connectivity index (χ0n) is 9.46. The fraction of sp³-hybridized carbons (Fsp3) is 0.167. The van der Waals surface area contributed by atoms with E-state index < -0.39 is 12.1 Å². The average molecular weight is 268 g/mol. The number of ether oxygens (including phenoxy) is 1. The van der Waals surface area contributed by atoms with Gasteiger partial charge in [-0.05, 0) is 25.1 Å². The molecule has 5 nitrogen and oxygen atoms in total. The number of carbonyl (C=O) groups is 1. The molecule has 1 unspecified atom stereocenters. The van der Waals surface area contributed by atoms with Crippen LogP contribution in [0.5, 0.6) is 5.75 Å². The monoisotopic (exact) mass is 267 g/mol. The molecule has 6 heteroatoms. The Morgan fingerprint density at radius 2 is 2.33 bits per heavy atom. The van der Waals surface area contributed by atoms with Crippen molar-refractivity contribution in [1.29, 1.82) is 0 Å². The van der Waals surface area contributed by atoms with Crippen LogP contribution < -0.4 is 4.74 Å². The Kier molecular flexibility index (Phi) is 3.53. The Bertz CT molecular complexity index is 553. The lowest BCUT2D eigenvalue weighted by molar-refractivity contribution is -0.144. The van der Waals surface area contributed by atoms with Crippen LogP contribution in [0.2, 0.25) is 5.02 Å². The van der Waals surface area contributed by atoms with Crippen molar-refractivity contribution in [3.8, 4) is 17.0 Å². The predicted molar refractivity (Wildman–Crippen MR) is 64.7 cm³/mol. The number of hydrogen-bond acceptors (Lipinski definition) is 4. The Hall–Kier alpha value is -2.01. The summed E-state index contributed by atoms with van der Waals surface area (Å²) in [4.78, 5) is 14.8. The molecular formula is C12H10ClNO4. The van der Waals surface area contributed by atoms with Gasteiger partial charge in [-0.1, -0.05) is 11.6 Å². The van der Waals surface area contributed by atoms with Crippen molar-refractivity contribution in [2.45, 2.75) is 13.0 Å². The van der Waals surface area contributed by atoms with Crippen LogP contribution in [0.15, 0.2) is 35.3 Å². The number of oxazole rings is 1. The molecule has 1 atom stereocenters. The van der Waals surface area contributed by atoms with Gasteiger partial charge in [0.25, 0.3) is 0 Å². The lowest BCUT2D eigenvalue weighted by Gasteiger charge is -2.13. The van der Waals surface area contributed by atoms with E-state index in [9.17, 15) is 4.79 Å². The minimum Gasteiger partial charge on any atom is -0.479 e. The number of carboxylic acids is 1. The quantitative estimate of drug-likeness (QED) is 0.922. The molecule has 2 aromatic rings. The largest absolute Gasteiger partial charge is 0.479 e. The first-order chi connectivity index (χ1) is 8.58. The average Bonchev–Trinajstić information content (AvgIpc) is 2.84. The van der Waals surface area contributed by atoms with E-state index in [4.69, 9.17) is 25.9 Å². The maximum Gasteiger partial charge on any atom is 0.344 e. The van der Waals surface area contributed by atoms with Gasteiger partial charge in [0, 0.05) is 10.6 Å². The van der Waals surface area contributed by atoms with Gasteiger partial charge in [-0.15, -0.1) is 0 Å². The molecule has 0 amide bonds. The molecule has 2 rings (SSSR count). The third-order valence-corrected chi connectivity index (χ3v) is 2.54. The van der Waals surface area contributed by atoms with Gasteiger partial charge in [-0.2, -0.15) is 0 Å². The second-order valence-electron chi connectivity index (χ2n) is 3.61. The Balaban J connectivity index is 2.38. The standard InChI is InChI=1S/C12H10ClNO4/c1-7(12(15)16)18-11-3-2-8(13)4-9(11)10-5-17-6-14-10/h2-7H,1H3,(H,15,16). The van der Waals surface area contributed by atoms with Crippen molar-refractivity contribution in [3.05, 3.63) is 35.9 Å². The molecule has 0 aliphatic rings. The van der Waals surface area contributed by atoms with Crippen molar-refractivity contribution in [2.75, 3.05) is 0 Å². The summed E-state index contributed by atoms with van der Waals surface area (Å²) in [7, 11) is 0. The van der Waals surface area contributed by atoms with Crippen molar-refractivity contribution < 1.29 is 19.1 Å². The number of halogens is 1. The van der Waals surface area contributed by atoms with Crippen LogP contribution in [0.3, 0.4) is 0 Å². The van der Waals surface area contributed by atoms with E-state index in [1.165, 1.54) is 19.6 Å². The molecule has 1 aromatic carbocycles. The van der Waals surface area contributed by atoms with Crippen LogP contribution in [0.1, 0.15) is 6.92 Å². The highest BCUT2D eigenvalue weighted by Gasteiger charge is 2.16. The van der Waals surface area contributed by atoms with Crippen molar-refractivity contribution >= 4 is 17.6 Å². The number of rotatable bonds is 4. The van der Waals surface area contributed by atoms with E-state index in [2.05, 4.69) is 4.98 Å². The molecule has 94 valence electrons. The van der Waals surface area contributed by atoms with Crippen LogP contribution in [0, 0.1) is 0 Å². The van der Waals surface area contributed by atoms with Gasteiger partial charge in [0.05, 0.1) is 0 Å². The second kappa shape index (κ2) is 5.10. The number of carboxylic acid groups (broad SMARTS) is 1. The summed E-state index contributed by atoms with van der Waals surface area (Å²) in [5.74, 6) is -0.653. The maximum atomic E-state index is 10.8. The number of benzene rings is 1. The molecule has 0 fully saturated rings. The first-order valence-electron chi connectivity index (χ1n) is 5.15. The predicted octanol–water partition coefficient (Wildman–Crippen LogP) is 2.85. The molecule has 1 heterocycles. The highest BCUT2D eigenvalue weighted by atomic mass is 35.5. The fourth-order valence-corrected chi connectivity index (χ4v) is 1.56. The number of hydrogen-bond donors (Lipinski definition) is 1. The van der Waals surface area contributed by atoms with Crippen molar-refractivity contribution in [1.82, 2.24) is 4.98 Å². The van der Waals surface area contributed by atoms with Gasteiger partial charge >= 0.3 is 5.97 Å². The van der Waals surface area contributed by atoms with Crippen molar-refractivity contribution in [2.24, 2.45) is 0 Å². The molecule has 0 aliphatic carbocycles. The lowest BCUT2D eigenvalue weighted by atomic mass is 10.1. The normalized spacial score (nSPS) is 12.1. The summed E-state index contributed by atoms with van der Waals surface area (Å²) in [5, 5.41) is 9.34. The van der Waals surface area contributed by atoms with Crippen LogP contribution in [-0.2, 0) is 4.79 Å². The zero-order valence-corrected chi connectivity index (χ0v) is 10.2. The van der Waals surface area contributed by atoms with Gasteiger partial charge in [0.15, 0.2) is 12.5 Å². The molecule has 0 aliphatic heterocycles. The third-order valence-electron chi connectivity index (χ3n) is 2.30. The second-order valence-corrected chi connectivity index (χ2v) is 4.05. The molecule has 0 saturated heterocycles. The third kappa shape index (κ3) is 2.62.